The molecule has 0 unspecified atom stereocenters. The van der Waals surface area contributed by atoms with Crippen LogP contribution in [0.5, 0.6) is 0 Å². The smallest absolute Gasteiger partial charge is 0.277 e. The molecule has 2 amide bonds. The van der Waals surface area contributed by atoms with Gasteiger partial charge >= 0.3 is 0 Å². The third-order valence-corrected chi connectivity index (χ3v) is 5.12. The van der Waals surface area contributed by atoms with Crippen molar-refractivity contribution in [2.75, 3.05) is 17.6 Å². The van der Waals surface area contributed by atoms with Gasteiger partial charge in [0.05, 0.1) is 12.3 Å². The summed E-state index contributed by atoms with van der Waals surface area (Å²) in [5.41, 5.74) is 4.61. The molecule has 0 aliphatic heterocycles. The zero-order chi connectivity index (χ0) is 20.8. The average molecular weight is 410 g/mol. The minimum atomic E-state index is -0.290. The number of carbonyl (C=O) groups is 2. The summed E-state index contributed by atoms with van der Waals surface area (Å²) in [5.74, 6) is -0.0758. The number of thioether (sulfide) groups is 1. The van der Waals surface area contributed by atoms with Gasteiger partial charge < -0.3 is 15.1 Å². The third kappa shape index (κ3) is 5.45. The molecule has 0 radical (unpaired) electrons. The number of hydrogen-bond donors (Lipinski definition) is 2. The number of hydrogen-bond acceptors (Lipinski definition) is 6. The van der Waals surface area contributed by atoms with Crippen molar-refractivity contribution in [2.24, 2.45) is 0 Å². The first-order valence-electron chi connectivity index (χ1n) is 9.09. The Morgan fingerprint density at radius 1 is 0.931 bits per heavy atom. The van der Waals surface area contributed by atoms with E-state index in [4.69, 9.17) is 4.42 Å². The molecular weight excluding hydrogens is 388 g/mol. The van der Waals surface area contributed by atoms with E-state index in [1.165, 1.54) is 0 Å². The molecular formula is C21H22N4O3S. The molecule has 8 heteroatoms. The number of carbonyl (C=O) groups excluding carboxylic acids is 2. The van der Waals surface area contributed by atoms with Gasteiger partial charge in [-0.2, -0.15) is 0 Å². The Morgan fingerprint density at radius 3 is 2.34 bits per heavy atom. The van der Waals surface area contributed by atoms with E-state index < -0.39 is 0 Å². The summed E-state index contributed by atoms with van der Waals surface area (Å²) < 4.78 is 5.61. The van der Waals surface area contributed by atoms with Crippen molar-refractivity contribution in [3.05, 3.63) is 59.2 Å². The molecule has 150 valence electrons. The maximum Gasteiger partial charge on any atom is 0.277 e. The van der Waals surface area contributed by atoms with E-state index in [0.717, 1.165) is 39.7 Å². The summed E-state index contributed by atoms with van der Waals surface area (Å²) in [6.45, 7) is 5.70. The fourth-order valence-corrected chi connectivity index (χ4v) is 3.34. The molecule has 3 rings (SSSR count). The molecule has 0 saturated carbocycles. The number of anilines is 1. The second-order valence-corrected chi connectivity index (χ2v) is 7.50. The number of rotatable bonds is 7. The van der Waals surface area contributed by atoms with Crippen LogP contribution in [0, 0.1) is 20.8 Å². The summed E-state index contributed by atoms with van der Waals surface area (Å²) in [6, 6.07) is 13.5. The number of nitrogens with zero attached hydrogens (tertiary/aromatic N) is 2. The standard InChI is InChI=1S/C21H22N4O3S/c1-13-7-4-5-10-16(13)20-24-25-21(28-20)29-12-18(27)22-11-17(26)23-19-14(2)8-6-9-15(19)3/h4-10H,11-12H2,1-3H3,(H,22,27)(H,23,26). The van der Waals surface area contributed by atoms with Gasteiger partial charge in [0, 0.05) is 11.3 Å². The van der Waals surface area contributed by atoms with Gasteiger partial charge in [-0.3, -0.25) is 9.59 Å². The van der Waals surface area contributed by atoms with Crippen molar-refractivity contribution in [1.29, 1.82) is 0 Å². The van der Waals surface area contributed by atoms with Crippen molar-refractivity contribution >= 4 is 29.3 Å². The van der Waals surface area contributed by atoms with Crippen LogP contribution in [0.3, 0.4) is 0 Å². The number of aromatic nitrogens is 2. The lowest BCUT2D eigenvalue weighted by atomic mass is 10.1. The van der Waals surface area contributed by atoms with E-state index >= 15 is 0 Å². The first kappa shape index (κ1) is 20.6. The largest absolute Gasteiger partial charge is 0.411 e. The van der Waals surface area contributed by atoms with E-state index in [9.17, 15) is 9.59 Å². The number of benzene rings is 2. The molecule has 0 atom stereocenters. The van der Waals surface area contributed by atoms with Gasteiger partial charge in [0.25, 0.3) is 5.22 Å². The van der Waals surface area contributed by atoms with Crippen molar-refractivity contribution < 1.29 is 14.0 Å². The van der Waals surface area contributed by atoms with Crippen LogP contribution in [-0.2, 0) is 9.59 Å². The highest BCUT2D eigenvalue weighted by molar-refractivity contribution is 7.99. The number of para-hydroxylation sites is 1. The SMILES string of the molecule is Cc1ccccc1-c1nnc(SCC(=O)NCC(=O)Nc2c(C)cccc2C)o1. The number of nitrogens with one attached hydrogen (secondary N) is 2. The molecule has 0 spiro atoms. The highest BCUT2D eigenvalue weighted by Crippen LogP contribution is 2.25. The molecule has 3 aromatic rings. The zero-order valence-electron chi connectivity index (χ0n) is 16.5. The van der Waals surface area contributed by atoms with E-state index in [0.29, 0.717) is 11.1 Å². The fraction of sp³-hybridized carbons (Fsp3) is 0.238. The molecule has 29 heavy (non-hydrogen) atoms. The second kappa shape index (κ2) is 9.38. The predicted octanol–water partition coefficient (Wildman–Crippen LogP) is 3.51. The van der Waals surface area contributed by atoms with Crippen molar-refractivity contribution in [2.45, 2.75) is 26.0 Å². The Balaban J connectivity index is 1.47. The summed E-state index contributed by atoms with van der Waals surface area (Å²) in [7, 11) is 0. The minimum Gasteiger partial charge on any atom is -0.411 e. The fourth-order valence-electron chi connectivity index (χ4n) is 2.74. The van der Waals surface area contributed by atoms with Gasteiger partial charge in [-0.15, -0.1) is 10.2 Å². The molecule has 2 N–H and O–H groups in total. The Morgan fingerprint density at radius 2 is 1.62 bits per heavy atom. The highest BCUT2D eigenvalue weighted by Gasteiger charge is 2.13. The molecule has 0 bridgehead atoms. The first-order chi connectivity index (χ1) is 13.9. The highest BCUT2D eigenvalue weighted by atomic mass is 32.2. The van der Waals surface area contributed by atoms with Crippen LogP contribution in [0.4, 0.5) is 5.69 Å². The Bertz CT molecular complexity index is 1010. The van der Waals surface area contributed by atoms with Gasteiger partial charge in [-0.05, 0) is 43.5 Å². The predicted molar refractivity (Wildman–Crippen MR) is 113 cm³/mol. The quantitative estimate of drug-likeness (QED) is 0.579. The second-order valence-electron chi connectivity index (χ2n) is 6.57. The van der Waals surface area contributed by atoms with E-state index in [2.05, 4.69) is 20.8 Å². The summed E-state index contributed by atoms with van der Waals surface area (Å²) in [5, 5.41) is 13.7. The summed E-state index contributed by atoms with van der Waals surface area (Å²) in [6.07, 6.45) is 0. The van der Waals surface area contributed by atoms with Crippen LogP contribution < -0.4 is 10.6 Å². The minimum absolute atomic E-state index is 0.0755. The molecule has 0 saturated heterocycles. The topological polar surface area (TPSA) is 97.1 Å². The van der Waals surface area contributed by atoms with Crippen LogP contribution in [0.2, 0.25) is 0 Å². The monoisotopic (exact) mass is 410 g/mol. The maximum atomic E-state index is 12.1. The van der Waals surface area contributed by atoms with E-state index in [-0.39, 0.29) is 24.1 Å². The lowest BCUT2D eigenvalue weighted by Crippen LogP contribution is -2.34. The van der Waals surface area contributed by atoms with Gasteiger partial charge in [0.2, 0.25) is 17.7 Å². The van der Waals surface area contributed by atoms with Crippen LogP contribution in [0.25, 0.3) is 11.5 Å². The molecule has 0 aliphatic rings. The van der Waals surface area contributed by atoms with Crippen molar-refractivity contribution in [3.63, 3.8) is 0 Å². The lowest BCUT2D eigenvalue weighted by molar-refractivity contribution is -0.122. The van der Waals surface area contributed by atoms with E-state index in [1.54, 1.807) is 0 Å². The van der Waals surface area contributed by atoms with Gasteiger partial charge in [0.1, 0.15) is 0 Å². The molecule has 1 aromatic heterocycles. The summed E-state index contributed by atoms with van der Waals surface area (Å²) >= 11 is 1.13. The Kier molecular flexibility index (Phi) is 6.66. The normalized spacial score (nSPS) is 10.6. The molecule has 1 heterocycles. The zero-order valence-corrected chi connectivity index (χ0v) is 17.3. The average Bonchev–Trinajstić information content (AvgIpc) is 3.17. The van der Waals surface area contributed by atoms with Gasteiger partial charge in [-0.25, -0.2) is 0 Å². The maximum absolute atomic E-state index is 12.1. The van der Waals surface area contributed by atoms with Crippen molar-refractivity contribution in [1.82, 2.24) is 15.5 Å². The number of aryl methyl sites for hydroxylation is 3. The lowest BCUT2D eigenvalue weighted by Gasteiger charge is -2.11. The van der Waals surface area contributed by atoms with Crippen LogP contribution in [0.1, 0.15) is 16.7 Å². The van der Waals surface area contributed by atoms with Crippen LogP contribution in [0.15, 0.2) is 52.1 Å². The molecule has 0 fully saturated rings. The van der Waals surface area contributed by atoms with Crippen LogP contribution in [-0.4, -0.2) is 34.3 Å². The molecule has 0 aliphatic carbocycles. The van der Waals surface area contributed by atoms with Gasteiger partial charge in [0.15, 0.2) is 0 Å². The van der Waals surface area contributed by atoms with Crippen LogP contribution >= 0.6 is 11.8 Å². The molecule has 7 nitrogen and oxygen atoms in total. The molecule has 2 aromatic carbocycles. The van der Waals surface area contributed by atoms with Gasteiger partial charge in [-0.1, -0.05) is 48.2 Å². The third-order valence-electron chi connectivity index (χ3n) is 4.30. The first-order valence-corrected chi connectivity index (χ1v) is 10.1. The Labute approximate surface area is 173 Å². The van der Waals surface area contributed by atoms with E-state index in [1.807, 2.05) is 63.2 Å². The Hall–Kier alpha value is -3.13. The number of amides is 2. The summed E-state index contributed by atoms with van der Waals surface area (Å²) in [4.78, 5) is 24.2. The van der Waals surface area contributed by atoms with Crippen molar-refractivity contribution in [3.8, 4) is 11.5 Å².